The van der Waals surface area contributed by atoms with Crippen molar-refractivity contribution >= 4 is 5.91 Å². The van der Waals surface area contributed by atoms with Crippen LogP contribution >= 0.6 is 0 Å². The monoisotopic (exact) mass is 219 g/mol. The van der Waals surface area contributed by atoms with E-state index in [0.717, 1.165) is 19.5 Å². The van der Waals surface area contributed by atoms with Crippen molar-refractivity contribution in [1.82, 2.24) is 9.88 Å². The fraction of sp³-hybridized carbons (Fsp3) is 0.500. The largest absolute Gasteiger partial charge is 0.338 e. The Bertz CT molecular complexity index is 379. The lowest BCUT2D eigenvalue weighted by Crippen LogP contribution is -2.34. The average molecular weight is 219 g/mol. The zero-order valence-corrected chi connectivity index (χ0v) is 9.52. The van der Waals surface area contributed by atoms with Gasteiger partial charge in [-0.25, -0.2) is 0 Å². The number of hydrogen-bond donors (Lipinski definition) is 1. The predicted molar refractivity (Wildman–Crippen MR) is 61.9 cm³/mol. The van der Waals surface area contributed by atoms with E-state index in [1.165, 1.54) is 0 Å². The molecular formula is C12H17N3O. The SMILES string of the molecule is CC1(CN)CCN(C(=O)c2ccncc2)C1. The minimum Gasteiger partial charge on any atom is -0.338 e. The van der Waals surface area contributed by atoms with Crippen LogP contribution in [0.4, 0.5) is 0 Å². The Morgan fingerprint density at radius 1 is 1.56 bits per heavy atom. The molecule has 2 N–H and O–H groups in total. The summed E-state index contributed by atoms with van der Waals surface area (Å²) in [6, 6.07) is 3.50. The summed E-state index contributed by atoms with van der Waals surface area (Å²) in [7, 11) is 0. The number of carbonyl (C=O) groups is 1. The molecule has 1 saturated heterocycles. The van der Waals surface area contributed by atoms with Crippen molar-refractivity contribution in [3.8, 4) is 0 Å². The topological polar surface area (TPSA) is 59.2 Å². The number of hydrogen-bond acceptors (Lipinski definition) is 3. The van der Waals surface area contributed by atoms with Crippen molar-refractivity contribution in [2.45, 2.75) is 13.3 Å². The van der Waals surface area contributed by atoms with Gasteiger partial charge in [0.2, 0.25) is 0 Å². The summed E-state index contributed by atoms with van der Waals surface area (Å²) in [4.78, 5) is 17.9. The predicted octanol–water partition coefficient (Wildman–Crippen LogP) is 0.892. The molecule has 1 aliphatic rings. The third-order valence-electron chi connectivity index (χ3n) is 3.27. The van der Waals surface area contributed by atoms with Crippen molar-refractivity contribution < 1.29 is 4.79 Å². The van der Waals surface area contributed by atoms with E-state index in [4.69, 9.17) is 5.73 Å². The molecule has 0 bridgehead atoms. The molecule has 0 aliphatic carbocycles. The van der Waals surface area contributed by atoms with Crippen LogP contribution in [-0.4, -0.2) is 35.4 Å². The van der Waals surface area contributed by atoms with Gasteiger partial charge in [-0.15, -0.1) is 0 Å². The highest BCUT2D eigenvalue weighted by molar-refractivity contribution is 5.94. The fourth-order valence-electron chi connectivity index (χ4n) is 2.04. The highest BCUT2D eigenvalue weighted by atomic mass is 16.2. The first-order chi connectivity index (χ1) is 7.64. The number of amides is 1. The minimum absolute atomic E-state index is 0.0829. The van der Waals surface area contributed by atoms with Crippen LogP contribution in [0.3, 0.4) is 0 Å². The van der Waals surface area contributed by atoms with Gasteiger partial charge >= 0.3 is 0 Å². The Kier molecular flexibility index (Phi) is 2.92. The van der Waals surface area contributed by atoms with Gasteiger partial charge in [0.05, 0.1) is 0 Å². The second kappa shape index (κ2) is 4.22. The summed E-state index contributed by atoms with van der Waals surface area (Å²) in [5, 5.41) is 0. The number of carbonyl (C=O) groups excluding carboxylic acids is 1. The summed E-state index contributed by atoms with van der Waals surface area (Å²) in [5.74, 6) is 0.0829. The molecular weight excluding hydrogens is 202 g/mol. The van der Waals surface area contributed by atoms with E-state index in [-0.39, 0.29) is 11.3 Å². The highest BCUT2D eigenvalue weighted by Crippen LogP contribution is 2.29. The molecule has 0 aromatic carbocycles. The van der Waals surface area contributed by atoms with Crippen molar-refractivity contribution in [2.24, 2.45) is 11.1 Å². The highest BCUT2D eigenvalue weighted by Gasteiger charge is 2.34. The zero-order chi connectivity index (χ0) is 11.6. The van der Waals surface area contributed by atoms with Gasteiger partial charge in [0.25, 0.3) is 5.91 Å². The molecule has 1 atom stereocenters. The Hall–Kier alpha value is -1.42. The van der Waals surface area contributed by atoms with Crippen LogP contribution in [0.25, 0.3) is 0 Å². The van der Waals surface area contributed by atoms with E-state index in [0.29, 0.717) is 12.1 Å². The van der Waals surface area contributed by atoms with Gasteiger partial charge in [0.15, 0.2) is 0 Å². The second-order valence-electron chi connectivity index (χ2n) is 4.73. The number of likely N-dealkylation sites (tertiary alicyclic amines) is 1. The van der Waals surface area contributed by atoms with E-state index in [1.54, 1.807) is 24.5 Å². The number of nitrogens with zero attached hydrogens (tertiary/aromatic N) is 2. The van der Waals surface area contributed by atoms with Crippen LogP contribution in [0.5, 0.6) is 0 Å². The van der Waals surface area contributed by atoms with Crippen LogP contribution in [-0.2, 0) is 0 Å². The second-order valence-corrected chi connectivity index (χ2v) is 4.73. The molecule has 1 aromatic heterocycles. The third-order valence-corrected chi connectivity index (χ3v) is 3.27. The van der Waals surface area contributed by atoms with E-state index in [1.807, 2.05) is 4.90 Å². The Balaban J connectivity index is 2.08. The maximum absolute atomic E-state index is 12.1. The lowest BCUT2D eigenvalue weighted by atomic mass is 9.90. The standard InChI is InChI=1S/C12H17N3O/c1-12(8-13)4-7-15(9-12)11(16)10-2-5-14-6-3-10/h2-3,5-6H,4,7-9,13H2,1H3. The van der Waals surface area contributed by atoms with E-state index >= 15 is 0 Å². The zero-order valence-electron chi connectivity index (χ0n) is 9.52. The quantitative estimate of drug-likeness (QED) is 0.803. The normalized spacial score (nSPS) is 24.8. The van der Waals surface area contributed by atoms with Crippen molar-refractivity contribution in [2.75, 3.05) is 19.6 Å². The van der Waals surface area contributed by atoms with Gasteiger partial charge in [-0.1, -0.05) is 6.92 Å². The Labute approximate surface area is 95.5 Å². The third kappa shape index (κ3) is 2.07. The van der Waals surface area contributed by atoms with Gasteiger partial charge in [0, 0.05) is 31.0 Å². The van der Waals surface area contributed by atoms with Gasteiger partial charge in [-0.05, 0) is 30.5 Å². The molecule has 1 aromatic rings. The summed E-state index contributed by atoms with van der Waals surface area (Å²) in [5.41, 5.74) is 6.51. The number of aromatic nitrogens is 1. The van der Waals surface area contributed by atoms with Crippen LogP contribution in [0, 0.1) is 5.41 Å². The maximum atomic E-state index is 12.1. The lowest BCUT2D eigenvalue weighted by molar-refractivity contribution is 0.0777. The van der Waals surface area contributed by atoms with Crippen LogP contribution in [0.1, 0.15) is 23.7 Å². The molecule has 2 heterocycles. The molecule has 1 amide bonds. The summed E-state index contributed by atoms with van der Waals surface area (Å²) in [6.45, 7) is 4.32. The Morgan fingerprint density at radius 3 is 2.81 bits per heavy atom. The fourth-order valence-corrected chi connectivity index (χ4v) is 2.04. The maximum Gasteiger partial charge on any atom is 0.253 e. The molecule has 0 spiro atoms. The first kappa shape index (κ1) is 11.1. The van der Waals surface area contributed by atoms with E-state index in [2.05, 4.69) is 11.9 Å². The first-order valence-electron chi connectivity index (χ1n) is 5.54. The van der Waals surface area contributed by atoms with Crippen LogP contribution in [0.15, 0.2) is 24.5 Å². The molecule has 2 rings (SSSR count). The van der Waals surface area contributed by atoms with Crippen molar-refractivity contribution in [3.05, 3.63) is 30.1 Å². The minimum atomic E-state index is 0.0829. The summed E-state index contributed by atoms with van der Waals surface area (Å²) >= 11 is 0. The smallest absolute Gasteiger partial charge is 0.253 e. The molecule has 16 heavy (non-hydrogen) atoms. The van der Waals surface area contributed by atoms with Gasteiger partial charge in [-0.3, -0.25) is 9.78 Å². The van der Waals surface area contributed by atoms with Crippen LogP contribution in [0.2, 0.25) is 0 Å². The summed E-state index contributed by atoms with van der Waals surface area (Å²) in [6.07, 6.45) is 4.27. The number of pyridine rings is 1. The molecule has 86 valence electrons. The molecule has 0 saturated carbocycles. The average Bonchev–Trinajstić information content (AvgIpc) is 2.73. The molecule has 1 fully saturated rings. The van der Waals surface area contributed by atoms with Gasteiger partial charge < -0.3 is 10.6 Å². The van der Waals surface area contributed by atoms with Gasteiger partial charge in [-0.2, -0.15) is 0 Å². The van der Waals surface area contributed by atoms with Crippen molar-refractivity contribution in [1.29, 1.82) is 0 Å². The number of rotatable bonds is 2. The van der Waals surface area contributed by atoms with Crippen LogP contribution < -0.4 is 5.73 Å². The first-order valence-corrected chi connectivity index (χ1v) is 5.54. The molecule has 0 radical (unpaired) electrons. The molecule has 1 aliphatic heterocycles. The molecule has 4 nitrogen and oxygen atoms in total. The van der Waals surface area contributed by atoms with E-state index < -0.39 is 0 Å². The van der Waals surface area contributed by atoms with Gasteiger partial charge in [0.1, 0.15) is 0 Å². The number of nitrogens with two attached hydrogens (primary N) is 1. The summed E-state index contributed by atoms with van der Waals surface area (Å²) < 4.78 is 0. The lowest BCUT2D eigenvalue weighted by Gasteiger charge is -2.22. The Morgan fingerprint density at radius 2 is 2.25 bits per heavy atom. The molecule has 4 heteroatoms. The molecule has 1 unspecified atom stereocenters. The van der Waals surface area contributed by atoms with E-state index in [9.17, 15) is 4.79 Å². The van der Waals surface area contributed by atoms with Crippen molar-refractivity contribution in [3.63, 3.8) is 0 Å².